The molecule has 3 aromatic rings. The van der Waals surface area contributed by atoms with Crippen molar-refractivity contribution in [3.05, 3.63) is 60.0 Å². The predicted molar refractivity (Wildman–Crippen MR) is 95.7 cm³/mol. The molecule has 0 aliphatic rings. The monoisotopic (exact) mass is 376 g/mol. The molecule has 0 fully saturated rings. The van der Waals surface area contributed by atoms with Crippen LogP contribution in [0.5, 0.6) is 5.75 Å². The van der Waals surface area contributed by atoms with Crippen LogP contribution in [0.1, 0.15) is 5.89 Å². The van der Waals surface area contributed by atoms with Crippen LogP contribution in [0.15, 0.2) is 47.0 Å². The Hall–Kier alpha value is -3.07. The van der Waals surface area contributed by atoms with Gasteiger partial charge in [-0.05, 0) is 36.5 Å². The molecule has 0 radical (unpaired) electrons. The van der Waals surface area contributed by atoms with Gasteiger partial charge in [-0.3, -0.25) is 0 Å². The van der Waals surface area contributed by atoms with Gasteiger partial charge >= 0.3 is 0 Å². The van der Waals surface area contributed by atoms with E-state index in [0.717, 1.165) is 17.7 Å². The van der Waals surface area contributed by atoms with Crippen LogP contribution in [0.2, 0.25) is 0 Å². The number of halogens is 2. The number of aromatic nitrogens is 2. The third-order valence-electron chi connectivity index (χ3n) is 3.37. The van der Waals surface area contributed by atoms with Gasteiger partial charge < -0.3 is 19.9 Å². The van der Waals surface area contributed by atoms with Gasteiger partial charge in [-0.25, -0.2) is 8.78 Å². The summed E-state index contributed by atoms with van der Waals surface area (Å²) in [7, 11) is 1.58. The SMILES string of the molecule is COc1cccc(-c2noc(CNC(=S)Nc3ccc(F)c(F)c3)n2)c1. The van der Waals surface area contributed by atoms with Crippen molar-refractivity contribution in [2.75, 3.05) is 12.4 Å². The number of rotatable bonds is 5. The van der Waals surface area contributed by atoms with E-state index in [1.807, 2.05) is 18.2 Å². The molecule has 134 valence electrons. The molecule has 26 heavy (non-hydrogen) atoms. The Balaban J connectivity index is 1.58. The minimum Gasteiger partial charge on any atom is -0.497 e. The van der Waals surface area contributed by atoms with Gasteiger partial charge in [0.1, 0.15) is 5.75 Å². The van der Waals surface area contributed by atoms with Crippen LogP contribution in [0.25, 0.3) is 11.4 Å². The molecule has 3 rings (SSSR count). The highest BCUT2D eigenvalue weighted by Gasteiger charge is 2.10. The van der Waals surface area contributed by atoms with Gasteiger partial charge in [-0.2, -0.15) is 4.98 Å². The van der Waals surface area contributed by atoms with E-state index >= 15 is 0 Å². The minimum absolute atomic E-state index is 0.173. The molecule has 0 unspecified atom stereocenters. The molecule has 0 aliphatic heterocycles. The van der Waals surface area contributed by atoms with E-state index in [0.29, 0.717) is 23.2 Å². The molecular formula is C17H14F2N4O2S. The Labute approximate surface area is 153 Å². The van der Waals surface area contributed by atoms with Crippen molar-refractivity contribution in [1.82, 2.24) is 15.5 Å². The maximum Gasteiger partial charge on any atom is 0.246 e. The van der Waals surface area contributed by atoms with Crippen LogP contribution in [-0.4, -0.2) is 22.4 Å². The fourth-order valence-corrected chi connectivity index (χ4v) is 2.30. The van der Waals surface area contributed by atoms with Crippen molar-refractivity contribution >= 4 is 23.0 Å². The molecule has 1 heterocycles. The molecule has 0 amide bonds. The fraction of sp³-hybridized carbons (Fsp3) is 0.118. The maximum absolute atomic E-state index is 13.2. The van der Waals surface area contributed by atoms with Crippen LogP contribution >= 0.6 is 12.2 Å². The third kappa shape index (κ3) is 4.31. The largest absolute Gasteiger partial charge is 0.497 e. The lowest BCUT2D eigenvalue weighted by molar-refractivity contribution is 0.376. The highest BCUT2D eigenvalue weighted by Crippen LogP contribution is 2.21. The van der Waals surface area contributed by atoms with Gasteiger partial charge in [0.2, 0.25) is 11.7 Å². The molecule has 0 spiro atoms. The molecule has 0 aliphatic carbocycles. The van der Waals surface area contributed by atoms with Crippen molar-refractivity contribution < 1.29 is 18.0 Å². The molecule has 0 saturated heterocycles. The number of hydrogen-bond acceptors (Lipinski definition) is 5. The third-order valence-corrected chi connectivity index (χ3v) is 3.62. The quantitative estimate of drug-likeness (QED) is 0.660. The number of thiocarbonyl (C=S) groups is 1. The number of hydrogen-bond donors (Lipinski definition) is 2. The highest BCUT2D eigenvalue weighted by atomic mass is 32.1. The van der Waals surface area contributed by atoms with E-state index < -0.39 is 11.6 Å². The number of benzene rings is 2. The van der Waals surface area contributed by atoms with Crippen LogP contribution in [0.3, 0.4) is 0 Å². The van der Waals surface area contributed by atoms with Gasteiger partial charge in [-0.1, -0.05) is 17.3 Å². The topological polar surface area (TPSA) is 72.2 Å². The summed E-state index contributed by atoms with van der Waals surface area (Å²) < 4.78 is 36.4. The molecule has 1 aromatic heterocycles. The summed E-state index contributed by atoms with van der Waals surface area (Å²) >= 11 is 5.10. The Kier molecular flexibility index (Phi) is 5.37. The number of nitrogens with zero attached hydrogens (tertiary/aromatic N) is 2. The number of nitrogens with one attached hydrogen (secondary N) is 2. The second-order valence-corrected chi connectivity index (χ2v) is 5.59. The number of anilines is 1. The van der Waals surface area contributed by atoms with Crippen molar-refractivity contribution in [3.8, 4) is 17.1 Å². The highest BCUT2D eigenvalue weighted by molar-refractivity contribution is 7.80. The fourth-order valence-electron chi connectivity index (χ4n) is 2.11. The van der Waals surface area contributed by atoms with Crippen molar-refractivity contribution in [2.24, 2.45) is 0 Å². The first-order chi connectivity index (χ1) is 12.5. The summed E-state index contributed by atoms with van der Waals surface area (Å²) in [6, 6.07) is 10.7. The zero-order chi connectivity index (χ0) is 18.5. The predicted octanol–water partition coefficient (Wildman–Crippen LogP) is 3.51. The van der Waals surface area contributed by atoms with Gasteiger partial charge in [-0.15, -0.1) is 0 Å². The molecule has 0 saturated carbocycles. The Bertz CT molecular complexity index is 933. The summed E-state index contributed by atoms with van der Waals surface area (Å²) in [6.45, 7) is 0.173. The summed E-state index contributed by atoms with van der Waals surface area (Å²) in [4.78, 5) is 4.27. The lowest BCUT2D eigenvalue weighted by Crippen LogP contribution is -2.28. The first-order valence-corrected chi connectivity index (χ1v) is 7.93. The van der Waals surface area contributed by atoms with E-state index in [2.05, 4.69) is 20.8 Å². The molecule has 9 heteroatoms. The summed E-state index contributed by atoms with van der Waals surface area (Å²) in [6.07, 6.45) is 0. The number of ether oxygens (including phenoxy) is 1. The summed E-state index contributed by atoms with van der Waals surface area (Å²) in [5, 5.41) is 9.71. The van der Waals surface area contributed by atoms with Gasteiger partial charge in [0.25, 0.3) is 0 Å². The average molecular weight is 376 g/mol. The van der Waals surface area contributed by atoms with Crippen LogP contribution in [0.4, 0.5) is 14.5 Å². The molecule has 2 aromatic carbocycles. The van der Waals surface area contributed by atoms with E-state index in [1.54, 1.807) is 13.2 Å². The van der Waals surface area contributed by atoms with Gasteiger partial charge in [0, 0.05) is 17.3 Å². The zero-order valence-electron chi connectivity index (χ0n) is 13.6. The van der Waals surface area contributed by atoms with E-state index in [9.17, 15) is 8.78 Å². The van der Waals surface area contributed by atoms with E-state index in [-0.39, 0.29) is 11.7 Å². The average Bonchev–Trinajstić information content (AvgIpc) is 3.12. The van der Waals surface area contributed by atoms with Crippen molar-refractivity contribution in [3.63, 3.8) is 0 Å². The molecular weight excluding hydrogens is 362 g/mol. The lowest BCUT2D eigenvalue weighted by atomic mass is 10.2. The maximum atomic E-state index is 13.2. The smallest absolute Gasteiger partial charge is 0.246 e. The van der Waals surface area contributed by atoms with Crippen molar-refractivity contribution in [2.45, 2.75) is 6.54 Å². The second kappa shape index (κ2) is 7.87. The van der Waals surface area contributed by atoms with Crippen LogP contribution < -0.4 is 15.4 Å². The van der Waals surface area contributed by atoms with Crippen molar-refractivity contribution in [1.29, 1.82) is 0 Å². The standard InChI is InChI=1S/C17H14F2N4O2S/c1-24-12-4-2-3-10(7-12)16-22-15(25-23-16)9-20-17(26)21-11-5-6-13(18)14(19)8-11/h2-8H,9H2,1H3,(H2,20,21,26). The first kappa shape index (κ1) is 17.7. The van der Waals surface area contributed by atoms with E-state index in [4.69, 9.17) is 21.5 Å². The molecule has 0 atom stereocenters. The second-order valence-electron chi connectivity index (χ2n) is 5.18. The molecule has 0 bridgehead atoms. The van der Waals surface area contributed by atoms with Crippen LogP contribution in [-0.2, 0) is 6.54 Å². The Morgan fingerprint density at radius 2 is 2.04 bits per heavy atom. The van der Waals surface area contributed by atoms with Gasteiger partial charge in [0.15, 0.2) is 16.7 Å². The summed E-state index contributed by atoms with van der Waals surface area (Å²) in [5.41, 5.74) is 1.07. The molecule has 6 nitrogen and oxygen atoms in total. The Morgan fingerprint density at radius 3 is 2.81 bits per heavy atom. The van der Waals surface area contributed by atoms with Crippen LogP contribution in [0, 0.1) is 11.6 Å². The summed E-state index contributed by atoms with van der Waals surface area (Å²) in [5.74, 6) is -0.468. The Morgan fingerprint density at radius 1 is 1.19 bits per heavy atom. The zero-order valence-corrected chi connectivity index (χ0v) is 14.4. The first-order valence-electron chi connectivity index (χ1n) is 7.52. The molecule has 2 N–H and O–H groups in total. The minimum atomic E-state index is -0.961. The number of methoxy groups -OCH3 is 1. The van der Waals surface area contributed by atoms with Gasteiger partial charge in [0.05, 0.1) is 13.7 Å². The lowest BCUT2D eigenvalue weighted by Gasteiger charge is -2.08. The normalized spacial score (nSPS) is 10.4. The van der Waals surface area contributed by atoms with E-state index in [1.165, 1.54) is 6.07 Å².